The van der Waals surface area contributed by atoms with Gasteiger partial charge in [-0.15, -0.1) is 0 Å². The molecule has 0 bridgehead atoms. The maximum atomic E-state index is 11.7. The SMILES string of the molecule is COCC(=O)N1CCC(NCc2cc(Br)c(Br)o2)CC1. The summed E-state index contributed by atoms with van der Waals surface area (Å²) in [5, 5.41) is 3.47. The summed E-state index contributed by atoms with van der Waals surface area (Å²) in [5.41, 5.74) is 0. The zero-order chi connectivity index (χ0) is 14.5. The normalized spacial score (nSPS) is 16.6. The van der Waals surface area contributed by atoms with Gasteiger partial charge in [0.25, 0.3) is 0 Å². The van der Waals surface area contributed by atoms with Gasteiger partial charge in [-0.05, 0) is 50.8 Å². The van der Waals surface area contributed by atoms with E-state index in [4.69, 9.17) is 9.15 Å². The first-order valence-corrected chi connectivity index (χ1v) is 8.12. The largest absolute Gasteiger partial charge is 0.452 e. The molecule has 112 valence electrons. The standard InChI is InChI=1S/C13H18Br2N2O3/c1-19-8-12(18)17-4-2-9(3-5-17)16-7-10-6-11(14)13(15)20-10/h6,9,16H,2-5,7-8H2,1H3. The van der Waals surface area contributed by atoms with E-state index in [1.807, 2.05) is 11.0 Å². The van der Waals surface area contributed by atoms with Crippen molar-refractivity contribution in [3.63, 3.8) is 0 Å². The van der Waals surface area contributed by atoms with Crippen LogP contribution in [0, 0.1) is 0 Å². The van der Waals surface area contributed by atoms with Gasteiger partial charge in [0, 0.05) is 26.2 Å². The van der Waals surface area contributed by atoms with E-state index in [0.29, 0.717) is 17.3 Å². The van der Waals surface area contributed by atoms with Crippen LogP contribution in [-0.4, -0.2) is 43.7 Å². The lowest BCUT2D eigenvalue weighted by Crippen LogP contribution is -2.45. The summed E-state index contributed by atoms with van der Waals surface area (Å²) in [7, 11) is 1.55. The number of hydrogen-bond acceptors (Lipinski definition) is 4. The Labute approximate surface area is 135 Å². The molecule has 1 saturated heterocycles. The van der Waals surface area contributed by atoms with Crippen LogP contribution in [0.2, 0.25) is 0 Å². The lowest BCUT2D eigenvalue weighted by molar-refractivity contribution is -0.136. The van der Waals surface area contributed by atoms with Crippen molar-refractivity contribution in [3.8, 4) is 0 Å². The first-order chi connectivity index (χ1) is 9.60. The van der Waals surface area contributed by atoms with Gasteiger partial charge < -0.3 is 19.4 Å². The second-order valence-electron chi connectivity index (χ2n) is 4.80. The number of furan rings is 1. The fourth-order valence-corrected chi connectivity index (χ4v) is 2.93. The second kappa shape index (κ2) is 7.59. The number of methoxy groups -OCH3 is 1. The van der Waals surface area contributed by atoms with Gasteiger partial charge in [0.05, 0.1) is 11.0 Å². The minimum Gasteiger partial charge on any atom is -0.452 e. The van der Waals surface area contributed by atoms with Crippen molar-refractivity contribution in [2.75, 3.05) is 26.8 Å². The Balaban J connectivity index is 1.73. The molecule has 1 N–H and O–H groups in total. The van der Waals surface area contributed by atoms with E-state index < -0.39 is 0 Å². The minimum atomic E-state index is 0.0739. The van der Waals surface area contributed by atoms with Crippen molar-refractivity contribution in [1.29, 1.82) is 0 Å². The van der Waals surface area contributed by atoms with Crippen LogP contribution in [0.4, 0.5) is 0 Å². The predicted octanol–water partition coefficient (Wildman–Crippen LogP) is 2.53. The van der Waals surface area contributed by atoms with E-state index in [0.717, 1.165) is 36.2 Å². The molecule has 0 radical (unpaired) electrons. The van der Waals surface area contributed by atoms with Crippen LogP contribution in [0.15, 0.2) is 19.6 Å². The quantitative estimate of drug-likeness (QED) is 0.811. The molecule has 0 aliphatic carbocycles. The number of carbonyl (C=O) groups excluding carboxylic acids is 1. The van der Waals surface area contributed by atoms with Gasteiger partial charge in [-0.1, -0.05) is 0 Å². The zero-order valence-electron chi connectivity index (χ0n) is 11.3. The molecule has 1 amide bonds. The summed E-state index contributed by atoms with van der Waals surface area (Å²) in [5.74, 6) is 0.964. The summed E-state index contributed by atoms with van der Waals surface area (Å²) in [6.07, 6.45) is 1.91. The summed E-state index contributed by atoms with van der Waals surface area (Å²) in [6.45, 7) is 2.43. The number of halogens is 2. The Morgan fingerprint density at radius 1 is 1.50 bits per heavy atom. The fraction of sp³-hybridized carbons (Fsp3) is 0.615. The highest BCUT2D eigenvalue weighted by atomic mass is 79.9. The van der Waals surface area contributed by atoms with Crippen LogP contribution in [0.5, 0.6) is 0 Å². The number of carbonyl (C=O) groups is 1. The number of rotatable bonds is 5. The molecule has 1 aromatic rings. The molecule has 0 spiro atoms. The summed E-state index contributed by atoms with van der Waals surface area (Å²) in [4.78, 5) is 13.5. The average Bonchev–Trinajstić information content (AvgIpc) is 2.76. The third kappa shape index (κ3) is 4.31. The van der Waals surface area contributed by atoms with Gasteiger partial charge in [0.15, 0.2) is 4.67 Å². The Morgan fingerprint density at radius 2 is 2.20 bits per heavy atom. The van der Waals surface area contributed by atoms with Crippen LogP contribution in [-0.2, 0) is 16.1 Å². The fourth-order valence-electron chi connectivity index (χ4n) is 2.27. The Morgan fingerprint density at radius 3 is 2.75 bits per heavy atom. The molecule has 1 aliphatic rings. The second-order valence-corrected chi connectivity index (χ2v) is 6.38. The molecule has 1 fully saturated rings. The lowest BCUT2D eigenvalue weighted by atomic mass is 10.0. The smallest absolute Gasteiger partial charge is 0.248 e. The van der Waals surface area contributed by atoms with Gasteiger partial charge in [-0.2, -0.15) is 0 Å². The monoisotopic (exact) mass is 408 g/mol. The van der Waals surface area contributed by atoms with Gasteiger partial charge in [-0.25, -0.2) is 0 Å². The van der Waals surface area contributed by atoms with Crippen molar-refractivity contribution in [2.45, 2.75) is 25.4 Å². The molecular formula is C13H18Br2N2O3. The zero-order valence-corrected chi connectivity index (χ0v) is 14.5. The highest BCUT2D eigenvalue weighted by Crippen LogP contribution is 2.26. The van der Waals surface area contributed by atoms with Crippen molar-refractivity contribution in [3.05, 3.63) is 21.0 Å². The molecule has 1 aliphatic heterocycles. The van der Waals surface area contributed by atoms with Crippen LogP contribution in [0.1, 0.15) is 18.6 Å². The van der Waals surface area contributed by atoms with Crippen molar-refractivity contribution >= 4 is 37.8 Å². The first-order valence-electron chi connectivity index (χ1n) is 6.54. The van der Waals surface area contributed by atoms with Crippen LogP contribution in [0.3, 0.4) is 0 Å². The molecule has 0 atom stereocenters. The average molecular weight is 410 g/mol. The maximum absolute atomic E-state index is 11.7. The van der Waals surface area contributed by atoms with E-state index in [2.05, 4.69) is 37.2 Å². The number of piperidine rings is 1. The van der Waals surface area contributed by atoms with Crippen LogP contribution in [0.25, 0.3) is 0 Å². The van der Waals surface area contributed by atoms with E-state index in [1.54, 1.807) is 7.11 Å². The van der Waals surface area contributed by atoms with Gasteiger partial charge in [0.1, 0.15) is 12.4 Å². The van der Waals surface area contributed by atoms with E-state index in [-0.39, 0.29) is 12.5 Å². The Bertz CT molecular complexity index is 437. The predicted molar refractivity (Wildman–Crippen MR) is 82.4 cm³/mol. The van der Waals surface area contributed by atoms with Gasteiger partial charge in [-0.3, -0.25) is 4.79 Å². The van der Waals surface area contributed by atoms with Crippen molar-refractivity contribution < 1.29 is 13.9 Å². The highest BCUT2D eigenvalue weighted by molar-refractivity contribution is 9.13. The third-order valence-corrected chi connectivity index (χ3v) is 5.09. The number of amides is 1. The number of nitrogens with one attached hydrogen (secondary N) is 1. The summed E-state index contributed by atoms with van der Waals surface area (Å²) in [6, 6.07) is 2.37. The lowest BCUT2D eigenvalue weighted by Gasteiger charge is -2.32. The highest BCUT2D eigenvalue weighted by Gasteiger charge is 2.22. The molecule has 5 nitrogen and oxygen atoms in total. The molecule has 7 heteroatoms. The van der Waals surface area contributed by atoms with E-state index in [9.17, 15) is 4.79 Å². The molecule has 0 saturated carbocycles. The molecule has 2 rings (SSSR count). The van der Waals surface area contributed by atoms with Crippen LogP contribution < -0.4 is 5.32 Å². The molecule has 2 heterocycles. The summed E-state index contributed by atoms with van der Waals surface area (Å²) >= 11 is 6.72. The number of hydrogen-bond donors (Lipinski definition) is 1. The van der Waals surface area contributed by atoms with E-state index >= 15 is 0 Å². The molecular weight excluding hydrogens is 392 g/mol. The molecule has 20 heavy (non-hydrogen) atoms. The van der Waals surface area contributed by atoms with Gasteiger partial charge >= 0.3 is 0 Å². The molecule has 0 aromatic carbocycles. The first kappa shape index (κ1) is 16.0. The molecule has 1 aromatic heterocycles. The maximum Gasteiger partial charge on any atom is 0.248 e. The number of ether oxygens (including phenoxy) is 1. The number of likely N-dealkylation sites (tertiary alicyclic amines) is 1. The molecule has 0 unspecified atom stereocenters. The topological polar surface area (TPSA) is 54.7 Å². The van der Waals surface area contributed by atoms with Crippen molar-refractivity contribution in [2.24, 2.45) is 0 Å². The minimum absolute atomic E-state index is 0.0739. The van der Waals surface area contributed by atoms with Crippen LogP contribution >= 0.6 is 31.9 Å². The van der Waals surface area contributed by atoms with Crippen molar-refractivity contribution in [1.82, 2.24) is 10.2 Å². The van der Waals surface area contributed by atoms with Gasteiger partial charge in [0.2, 0.25) is 5.91 Å². The Hall–Kier alpha value is -0.370. The Kier molecular flexibility index (Phi) is 6.07. The summed E-state index contributed by atoms with van der Waals surface area (Å²) < 4.78 is 12.0. The van der Waals surface area contributed by atoms with E-state index in [1.165, 1.54) is 0 Å². The number of nitrogens with zero attached hydrogens (tertiary/aromatic N) is 1. The third-order valence-electron chi connectivity index (χ3n) is 3.38.